The van der Waals surface area contributed by atoms with Gasteiger partial charge in [0.15, 0.2) is 0 Å². The topological polar surface area (TPSA) is 97.5 Å². The van der Waals surface area contributed by atoms with Gasteiger partial charge in [-0.15, -0.1) is 0 Å². The largest absolute Gasteiger partial charge is 0.469 e. The molecule has 0 unspecified atom stereocenters. The first-order valence-electron chi connectivity index (χ1n) is 7.43. The maximum Gasteiger partial charge on any atom is 0.307 e. The van der Waals surface area contributed by atoms with Gasteiger partial charge in [-0.25, -0.2) is 4.98 Å². The van der Waals surface area contributed by atoms with E-state index < -0.39 is 5.97 Å². The fourth-order valence-corrected chi connectivity index (χ4v) is 2.20. The van der Waals surface area contributed by atoms with E-state index in [1.807, 2.05) is 0 Å². The van der Waals surface area contributed by atoms with Crippen LogP contribution in [0.1, 0.15) is 16.8 Å². The Labute approximate surface area is 140 Å². The summed E-state index contributed by atoms with van der Waals surface area (Å²) >= 11 is 0. The molecule has 24 heavy (non-hydrogen) atoms. The van der Waals surface area contributed by atoms with Gasteiger partial charge < -0.3 is 15.8 Å². The average Bonchev–Trinajstić information content (AvgIpc) is 2.62. The first kappa shape index (κ1) is 17.3. The molecular formula is C17H20N4O3. The Morgan fingerprint density at radius 2 is 2.08 bits per heavy atom. The van der Waals surface area contributed by atoms with E-state index in [1.54, 1.807) is 49.6 Å². The summed E-state index contributed by atoms with van der Waals surface area (Å²) in [6, 6.07) is 10.2. The average molecular weight is 328 g/mol. The van der Waals surface area contributed by atoms with Gasteiger partial charge in [0.2, 0.25) is 0 Å². The number of ether oxygens (including phenoxy) is 1. The van der Waals surface area contributed by atoms with Crippen LogP contribution in [0.5, 0.6) is 0 Å². The molecule has 0 aliphatic carbocycles. The molecule has 0 radical (unpaired) electrons. The predicted molar refractivity (Wildman–Crippen MR) is 92.9 cm³/mol. The number of nitrogens with one attached hydrogen (secondary N) is 1. The fraction of sp³-hybridized carbons (Fsp3) is 0.235. The zero-order valence-electron chi connectivity index (χ0n) is 13.7. The summed E-state index contributed by atoms with van der Waals surface area (Å²) in [6.45, 7) is 0.168. The molecule has 0 saturated carbocycles. The van der Waals surface area contributed by atoms with Crippen molar-refractivity contribution in [2.45, 2.75) is 6.42 Å². The second-order valence-corrected chi connectivity index (χ2v) is 5.02. The molecule has 1 heterocycles. The highest BCUT2D eigenvalue weighted by atomic mass is 16.5. The Bertz CT molecular complexity index is 719. The lowest BCUT2D eigenvalue weighted by molar-refractivity contribution is -0.140. The van der Waals surface area contributed by atoms with Crippen molar-refractivity contribution in [1.29, 1.82) is 0 Å². The lowest BCUT2D eigenvalue weighted by Gasteiger charge is -2.22. The second-order valence-electron chi connectivity index (χ2n) is 5.02. The van der Waals surface area contributed by atoms with Crippen molar-refractivity contribution < 1.29 is 14.3 Å². The Balaban J connectivity index is 2.32. The van der Waals surface area contributed by atoms with Gasteiger partial charge in [-0.2, -0.15) is 0 Å². The number of hydrogen-bond acceptors (Lipinski definition) is 6. The normalized spacial score (nSPS) is 10.1. The van der Waals surface area contributed by atoms with Gasteiger partial charge in [-0.1, -0.05) is 6.07 Å². The van der Waals surface area contributed by atoms with Crippen LogP contribution in [0, 0.1) is 0 Å². The standard InChI is InChI=1S/C17H20N4O3/c1-19-14-11-12(6-7-13(14)18)17(23)21(10-8-16(22)24-2)15-5-3-4-9-20-15/h3-7,9,11,19H,8,10,18H2,1-2H3. The molecule has 0 saturated heterocycles. The van der Waals surface area contributed by atoms with Crippen LogP contribution in [0.4, 0.5) is 17.2 Å². The summed E-state index contributed by atoms with van der Waals surface area (Å²) in [7, 11) is 3.04. The number of methoxy groups -OCH3 is 1. The number of esters is 1. The Hall–Kier alpha value is -3.09. The van der Waals surface area contributed by atoms with Gasteiger partial charge in [-0.05, 0) is 30.3 Å². The molecule has 0 bridgehead atoms. The number of nitrogens with zero attached hydrogens (tertiary/aromatic N) is 2. The number of aromatic nitrogens is 1. The van der Waals surface area contributed by atoms with Crippen molar-refractivity contribution >= 4 is 29.1 Å². The van der Waals surface area contributed by atoms with Crippen LogP contribution < -0.4 is 16.0 Å². The maximum absolute atomic E-state index is 12.9. The summed E-state index contributed by atoms with van der Waals surface area (Å²) < 4.78 is 4.65. The monoisotopic (exact) mass is 328 g/mol. The van der Waals surface area contributed by atoms with Gasteiger partial charge >= 0.3 is 5.97 Å². The molecule has 3 N–H and O–H groups in total. The molecule has 7 nitrogen and oxygen atoms in total. The lowest BCUT2D eigenvalue weighted by Crippen LogP contribution is -2.34. The number of carbonyl (C=O) groups excluding carboxylic acids is 2. The van der Waals surface area contributed by atoms with Gasteiger partial charge in [0.05, 0.1) is 24.9 Å². The number of nitrogens with two attached hydrogens (primary N) is 1. The molecule has 126 valence electrons. The number of rotatable bonds is 6. The number of hydrogen-bond donors (Lipinski definition) is 2. The van der Waals surface area contributed by atoms with Crippen molar-refractivity contribution in [2.24, 2.45) is 0 Å². The van der Waals surface area contributed by atoms with Crippen LogP contribution >= 0.6 is 0 Å². The smallest absolute Gasteiger partial charge is 0.307 e. The van der Waals surface area contributed by atoms with Crippen LogP contribution in [-0.2, 0) is 9.53 Å². The van der Waals surface area contributed by atoms with Gasteiger partial charge in [-0.3, -0.25) is 14.5 Å². The summed E-state index contributed by atoms with van der Waals surface area (Å²) in [5.41, 5.74) is 7.50. The second kappa shape index (κ2) is 7.96. The third-order valence-corrected chi connectivity index (χ3v) is 3.51. The van der Waals surface area contributed by atoms with Crippen LogP contribution in [0.2, 0.25) is 0 Å². The summed E-state index contributed by atoms with van der Waals surface area (Å²) in [5, 5.41) is 2.94. The molecule has 0 aliphatic rings. The Kier molecular flexibility index (Phi) is 5.73. The van der Waals surface area contributed by atoms with Crippen molar-refractivity contribution in [3.8, 4) is 0 Å². The predicted octanol–water partition coefficient (Wildman–Crippen LogP) is 1.92. The number of pyridine rings is 1. The number of anilines is 3. The van der Waals surface area contributed by atoms with Gasteiger partial charge in [0.25, 0.3) is 5.91 Å². The lowest BCUT2D eigenvalue weighted by atomic mass is 10.1. The molecule has 1 aromatic heterocycles. The van der Waals surface area contributed by atoms with E-state index in [9.17, 15) is 9.59 Å². The SMILES string of the molecule is CNc1cc(C(=O)N(CCC(=O)OC)c2ccccn2)ccc1N. The van der Waals surface area contributed by atoms with E-state index >= 15 is 0 Å². The van der Waals surface area contributed by atoms with Crippen LogP contribution in [-0.4, -0.2) is 37.6 Å². The summed E-state index contributed by atoms with van der Waals surface area (Å²) in [5.74, 6) is -0.194. The van der Waals surface area contributed by atoms with E-state index in [1.165, 1.54) is 12.0 Å². The van der Waals surface area contributed by atoms with Crippen molar-refractivity contribution in [3.05, 3.63) is 48.2 Å². The van der Waals surface area contributed by atoms with Gasteiger partial charge in [0, 0.05) is 25.4 Å². The number of carbonyl (C=O) groups is 2. The first-order valence-corrected chi connectivity index (χ1v) is 7.43. The van der Waals surface area contributed by atoms with Crippen LogP contribution in [0.3, 0.4) is 0 Å². The molecule has 0 fully saturated rings. The number of amides is 1. The Morgan fingerprint density at radius 3 is 2.71 bits per heavy atom. The molecule has 0 atom stereocenters. The highest BCUT2D eigenvalue weighted by Crippen LogP contribution is 2.22. The highest BCUT2D eigenvalue weighted by Gasteiger charge is 2.20. The van der Waals surface area contributed by atoms with Crippen LogP contribution in [0.15, 0.2) is 42.6 Å². The number of nitrogen functional groups attached to an aromatic ring is 1. The van der Waals surface area contributed by atoms with E-state index in [0.29, 0.717) is 22.8 Å². The number of benzene rings is 1. The highest BCUT2D eigenvalue weighted by molar-refractivity contribution is 6.06. The van der Waals surface area contributed by atoms with E-state index in [4.69, 9.17) is 5.73 Å². The summed E-state index contributed by atoms with van der Waals surface area (Å²) in [4.78, 5) is 30.0. The van der Waals surface area contributed by atoms with E-state index in [-0.39, 0.29) is 18.9 Å². The fourth-order valence-electron chi connectivity index (χ4n) is 2.20. The maximum atomic E-state index is 12.9. The first-order chi connectivity index (χ1) is 11.6. The van der Waals surface area contributed by atoms with Crippen molar-refractivity contribution in [2.75, 3.05) is 36.7 Å². The van der Waals surface area contributed by atoms with E-state index in [0.717, 1.165) is 0 Å². The molecule has 1 aromatic carbocycles. The van der Waals surface area contributed by atoms with Crippen molar-refractivity contribution in [3.63, 3.8) is 0 Å². The third kappa shape index (κ3) is 4.01. The molecule has 2 rings (SSSR count). The quantitative estimate of drug-likeness (QED) is 0.621. The summed E-state index contributed by atoms with van der Waals surface area (Å²) in [6.07, 6.45) is 1.67. The van der Waals surface area contributed by atoms with E-state index in [2.05, 4.69) is 15.0 Å². The Morgan fingerprint density at radius 1 is 1.29 bits per heavy atom. The minimum Gasteiger partial charge on any atom is -0.469 e. The molecule has 7 heteroatoms. The van der Waals surface area contributed by atoms with Gasteiger partial charge in [0.1, 0.15) is 5.82 Å². The minimum atomic E-state index is -0.392. The third-order valence-electron chi connectivity index (χ3n) is 3.51. The van der Waals surface area contributed by atoms with Crippen molar-refractivity contribution in [1.82, 2.24) is 4.98 Å². The molecular weight excluding hydrogens is 308 g/mol. The molecule has 0 spiro atoms. The molecule has 0 aliphatic heterocycles. The zero-order valence-corrected chi connectivity index (χ0v) is 13.7. The van der Waals surface area contributed by atoms with Crippen LogP contribution in [0.25, 0.3) is 0 Å². The molecule has 1 amide bonds. The zero-order chi connectivity index (χ0) is 17.5. The minimum absolute atomic E-state index is 0.0761. The molecule has 2 aromatic rings.